The van der Waals surface area contributed by atoms with Gasteiger partial charge in [-0.2, -0.15) is 4.98 Å². The Morgan fingerprint density at radius 1 is 1.39 bits per heavy atom. The highest BCUT2D eigenvalue weighted by Crippen LogP contribution is 2.38. The molecule has 0 unspecified atom stereocenters. The number of rotatable bonds is 2. The predicted octanol–water partition coefficient (Wildman–Crippen LogP) is 2.16. The van der Waals surface area contributed by atoms with Crippen molar-refractivity contribution in [3.05, 3.63) is 46.3 Å². The Bertz CT molecular complexity index is 662. The molecule has 4 nitrogen and oxygen atoms in total. The highest BCUT2D eigenvalue weighted by Gasteiger charge is 2.27. The van der Waals surface area contributed by atoms with E-state index in [1.54, 1.807) is 6.07 Å². The lowest BCUT2D eigenvalue weighted by atomic mass is 10.1. The van der Waals surface area contributed by atoms with Crippen LogP contribution in [-0.4, -0.2) is 15.1 Å². The molecule has 2 N–H and O–H groups in total. The minimum Gasteiger partial charge on any atom is -0.493 e. The average molecular weight is 246 g/mol. The number of nitrogens with zero attached hydrogens (tertiary/aromatic N) is 1. The molecule has 0 atom stereocenters. The lowest BCUT2D eigenvalue weighted by Crippen LogP contribution is -2.13. The van der Waals surface area contributed by atoms with E-state index in [2.05, 4.69) is 9.97 Å². The zero-order valence-corrected chi connectivity index (χ0v) is 9.48. The van der Waals surface area contributed by atoms with Gasteiger partial charge in [0.2, 0.25) is 5.88 Å². The van der Waals surface area contributed by atoms with Crippen LogP contribution in [-0.2, 0) is 0 Å². The fourth-order valence-electron chi connectivity index (χ4n) is 1.93. The van der Waals surface area contributed by atoms with E-state index in [1.807, 2.05) is 0 Å². The van der Waals surface area contributed by atoms with Gasteiger partial charge in [0.25, 0.3) is 5.56 Å². The summed E-state index contributed by atoms with van der Waals surface area (Å²) in [5, 5.41) is 9.84. The van der Waals surface area contributed by atoms with Gasteiger partial charge in [-0.1, -0.05) is 12.1 Å². The second-order valence-electron chi connectivity index (χ2n) is 4.43. The SMILES string of the molecule is O=c1[nH]c(C2CC2)nc(O)c1-c1cccc(F)c1. The monoisotopic (exact) mass is 246 g/mol. The maximum atomic E-state index is 13.1. The maximum absolute atomic E-state index is 13.1. The number of H-pyrrole nitrogens is 1. The Kier molecular flexibility index (Phi) is 2.40. The standard InChI is InChI=1S/C13H11FN2O2/c14-9-3-1-2-8(6-9)10-12(17)15-11(7-4-5-7)16-13(10)18/h1-3,6-7H,4-5H2,(H2,15,16,17,18). The molecule has 1 aromatic carbocycles. The van der Waals surface area contributed by atoms with Crippen molar-refractivity contribution in [3.63, 3.8) is 0 Å². The normalized spacial score (nSPS) is 14.7. The first-order valence-electron chi connectivity index (χ1n) is 5.74. The summed E-state index contributed by atoms with van der Waals surface area (Å²) < 4.78 is 13.1. The van der Waals surface area contributed by atoms with Crippen molar-refractivity contribution >= 4 is 0 Å². The Morgan fingerprint density at radius 2 is 2.17 bits per heavy atom. The van der Waals surface area contributed by atoms with Crippen LogP contribution in [0.25, 0.3) is 11.1 Å². The van der Waals surface area contributed by atoms with Crippen LogP contribution in [0.4, 0.5) is 4.39 Å². The zero-order chi connectivity index (χ0) is 12.7. The van der Waals surface area contributed by atoms with Crippen LogP contribution in [0.3, 0.4) is 0 Å². The summed E-state index contributed by atoms with van der Waals surface area (Å²) in [6.07, 6.45) is 1.95. The van der Waals surface area contributed by atoms with Crippen molar-refractivity contribution in [2.24, 2.45) is 0 Å². The number of aromatic amines is 1. The molecule has 3 rings (SSSR count). The van der Waals surface area contributed by atoms with Crippen LogP contribution in [0, 0.1) is 5.82 Å². The Morgan fingerprint density at radius 3 is 2.78 bits per heavy atom. The maximum Gasteiger partial charge on any atom is 0.262 e. The fourth-order valence-corrected chi connectivity index (χ4v) is 1.93. The van der Waals surface area contributed by atoms with E-state index in [0.717, 1.165) is 12.8 Å². The summed E-state index contributed by atoms with van der Waals surface area (Å²) in [6.45, 7) is 0. The van der Waals surface area contributed by atoms with Gasteiger partial charge in [-0.25, -0.2) is 4.39 Å². The van der Waals surface area contributed by atoms with Gasteiger partial charge in [0, 0.05) is 5.92 Å². The van der Waals surface area contributed by atoms with Crippen molar-refractivity contribution in [1.29, 1.82) is 0 Å². The average Bonchev–Trinajstić information content (AvgIpc) is 3.11. The molecule has 1 aliphatic carbocycles. The lowest BCUT2D eigenvalue weighted by molar-refractivity contribution is 0.450. The summed E-state index contributed by atoms with van der Waals surface area (Å²) in [7, 11) is 0. The van der Waals surface area contributed by atoms with Crippen molar-refractivity contribution in [2.45, 2.75) is 18.8 Å². The van der Waals surface area contributed by atoms with Gasteiger partial charge in [-0.05, 0) is 30.5 Å². The highest BCUT2D eigenvalue weighted by molar-refractivity contribution is 5.67. The molecule has 1 aromatic heterocycles. The third-order valence-corrected chi connectivity index (χ3v) is 3.00. The van der Waals surface area contributed by atoms with Crippen molar-refractivity contribution in [3.8, 4) is 17.0 Å². The number of hydrogen-bond donors (Lipinski definition) is 2. The molecule has 5 heteroatoms. The van der Waals surface area contributed by atoms with Gasteiger partial charge in [0.15, 0.2) is 0 Å². The smallest absolute Gasteiger partial charge is 0.262 e. The number of hydrogen-bond acceptors (Lipinski definition) is 3. The lowest BCUT2D eigenvalue weighted by Gasteiger charge is -2.05. The molecule has 2 aromatic rings. The largest absolute Gasteiger partial charge is 0.493 e. The number of aromatic hydroxyl groups is 1. The predicted molar refractivity (Wildman–Crippen MR) is 63.9 cm³/mol. The van der Waals surface area contributed by atoms with Gasteiger partial charge in [-0.3, -0.25) is 4.79 Å². The molecule has 1 aliphatic rings. The number of nitrogens with one attached hydrogen (secondary N) is 1. The Balaban J connectivity index is 2.15. The van der Waals surface area contributed by atoms with E-state index >= 15 is 0 Å². The second-order valence-corrected chi connectivity index (χ2v) is 4.43. The van der Waals surface area contributed by atoms with E-state index in [1.165, 1.54) is 18.2 Å². The summed E-state index contributed by atoms with van der Waals surface area (Å²) in [5.74, 6) is -0.0494. The summed E-state index contributed by atoms with van der Waals surface area (Å²) >= 11 is 0. The summed E-state index contributed by atoms with van der Waals surface area (Å²) in [6, 6.07) is 5.52. The van der Waals surface area contributed by atoms with Crippen molar-refractivity contribution in [1.82, 2.24) is 9.97 Å². The molecule has 0 bridgehead atoms. The Labute approximate surface area is 102 Å². The van der Waals surface area contributed by atoms with Crippen molar-refractivity contribution < 1.29 is 9.50 Å². The molecule has 1 fully saturated rings. The minimum absolute atomic E-state index is 0.0129. The summed E-state index contributed by atoms with van der Waals surface area (Å²) in [4.78, 5) is 18.6. The van der Waals surface area contributed by atoms with Gasteiger partial charge in [0.05, 0.1) is 0 Å². The van der Waals surface area contributed by atoms with Crippen LogP contribution in [0.2, 0.25) is 0 Å². The molecular formula is C13H11FN2O2. The topological polar surface area (TPSA) is 66.0 Å². The van der Waals surface area contributed by atoms with Crippen molar-refractivity contribution in [2.75, 3.05) is 0 Å². The first kappa shape index (κ1) is 11.0. The molecule has 1 saturated carbocycles. The van der Waals surface area contributed by atoms with Crippen LogP contribution >= 0.6 is 0 Å². The first-order valence-corrected chi connectivity index (χ1v) is 5.74. The zero-order valence-electron chi connectivity index (χ0n) is 9.48. The first-order chi connectivity index (χ1) is 8.65. The quantitative estimate of drug-likeness (QED) is 0.853. The van der Waals surface area contributed by atoms with Crippen LogP contribution in [0.15, 0.2) is 29.1 Å². The molecule has 1 heterocycles. The fraction of sp³-hybridized carbons (Fsp3) is 0.231. The summed E-state index contributed by atoms with van der Waals surface area (Å²) in [5.41, 5.74) is -0.0995. The van der Waals surface area contributed by atoms with Crippen LogP contribution in [0.5, 0.6) is 5.88 Å². The molecular weight excluding hydrogens is 235 g/mol. The second kappa shape index (κ2) is 3.94. The molecule has 0 saturated heterocycles. The van der Waals surface area contributed by atoms with Crippen LogP contribution < -0.4 is 5.56 Å². The van der Waals surface area contributed by atoms with E-state index in [0.29, 0.717) is 11.4 Å². The molecule has 0 amide bonds. The minimum atomic E-state index is -0.461. The molecule has 92 valence electrons. The third kappa shape index (κ3) is 1.88. The highest BCUT2D eigenvalue weighted by atomic mass is 19.1. The van der Waals surface area contributed by atoms with E-state index in [9.17, 15) is 14.3 Å². The molecule has 18 heavy (non-hydrogen) atoms. The van der Waals surface area contributed by atoms with Crippen LogP contribution in [0.1, 0.15) is 24.6 Å². The van der Waals surface area contributed by atoms with E-state index in [-0.39, 0.29) is 17.4 Å². The number of aromatic nitrogens is 2. The van der Waals surface area contributed by atoms with Gasteiger partial charge >= 0.3 is 0 Å². The van der Waals surface area contributed by atoms with E-state index in [4.69, 9.17) is 0 Å². The number of halogens is 1. The molecule has 0 aliphatic heterocycles. The van der Waals surface area contributed by atoms with Gasteiger partial charge in [0.1, 0.15) is 17.2 Å². The van der Waals surface area contributed by atoms with Gasteiger partial charge < -0.3 is 10.1 Å². The van der Waals surface area contributed by atoms with Gasteiger partial charge in [-0.15, -0.1) is 0 Å². The van der Waals surface area contributed by atoms with E-state index < -0.39 is 11.4 Å². The Hall–Kier alpha value is -2.17. The third-order valence-electron chi connectivity index (χ3n) is 3.00. The molecule has 0 spiro atoms. The molecule has 0 radical (unpaired) electrons. The number of benzene rings is 1.